The lowest BCUT2D eigenvalue weighted by molar-refractivity contribution is 0.0595. The molecule has 0 fully saturated rings. The van der Waals surface area contributed by atoms with E-state index >= 15 is 0 Å². The normalized spacial score (nSPS) is 10.3. The summed E-state index contributed by atoms with van der Waals surface area (Å²) < 4.78 is 37.2. The second-order valence-electron chi connectivity index (χ2n) is 4.16. The van der Waals surface area contributed by atoms with Gasteiger partial charge in [0.2, 0.25) is 0 Å². The molecule has 2 rings (SSSR count). The molecule has 0 bridgehead atoms. The highest BCUT2D eigenvalue weighted by molar-refractivity contribution is 9.10. The van der Waals surface area contributed by atoms with E-state index in [1.165, 1.54) is 31.4 Å². The van der Waals surface area contributed by atoms with Gasteiger partial charge >= 0.3 is 5.97 Å². The van der Waals surface area contributed by atoms with Crippen molar-refractivity contribution in [1.82, 2.24) is 0 Å². The number of carbonyl (C=O) groups is 1. The van der Waals surface area contributed by atoms with Gasteiger partial charge in [-0.05, 0) is 36.4 Å². The van der Waals surface area contributed by atoms with Crippen LogP contribution < -0.4 is 4.74 Å². The monoisotopic (exact) mass is 356 g/mol. The van der Waals surface area contributed by atoms with Crippen LogP contribution >= 0.6 is 15.9 Å². The van der Waals surface area contributed by atoms with Crippen molar-refractivity contribution in [3.63, 3.8) is 0 Å². The molecule has 2 aromatic carbocycles. The standard InChI is InChI=1S/C15H11BrF2O3/c1-20-15(19)12-7-11(3-5-14(12)18)21-8-9-6-10(17)2-4-13(9)16/h2-7H,8H2,1H3. The number of halogens is 3. The van der Waals surface area contributed by atoms with Crippen molar-refractivity contribution < 1.29 is 23.0 Å². The largest absolute Gasteiger partial charge is 0.489 e. The maximum Gasteiger partial charge on any atom is 0.340 e. The predicted octanol–water partition coefficient (Wildman–Crippen LogP) is 4.09. The fourth-order valence-corrected chi connectivity index (χ4v) is 2.04. The van der Waals surface area contributed by atoms with Gasteiger partial charge in [-0.1, -0.05) is 15.9 Å². The van der Waals surface area contributed by atoms with Crippen molar-refractivity contribution in [2.45, 2.75) is 6.61 Å². The zero-order valence-electron chi connectivity index (χ0n) is 11.0. The van der Waals surface area contributed by atoms with Gasteiger partial charge in [0.25, 0.3) is 0 Å². The van der Waals surface area contributed by atoms with E-state index in [9.17, 15) is 13.6 Å². The fraction of sp³-hybridized carbons (Fsp3) is 0.133. The van der Waals surface area contributed by atoms with Crippen LogP contribution in [0, 0.1) is 11.6 Å². The molecule has 0 unspecified atom stereocenters. The van der Waals surface area contributed by atoms with E-state index in [4.69, 9.17) is 4.74 Å². The molecule has 0 saturated carbocycles. The number of methoxy groups -OCH3 is 1. The second-order valence-corrected chi connectivity index (χ2v) is 5.01. The predicted molar refractivity (Wildman–Crippen MR) is 76.2 cm³/mol. The molecule has 6 heteroatoms. The maximum absolute atomic E-state index is 13.5. The smallest absolute Gasteiger partial charge is 0.340 e. The van der Waals surface area contributed by atoms with Crippen LogP contribution in [0.2, 0.25) is 0 Å². The average Bonchev–Trinajstić information content (AvgIpc) is 2.48. The molecule has 0 radical (unpaired) electrons. The molecule has 21 heavy (non-hydrogen) atoms. The zero-order chi connectivity index (χ0) is 15.4. The third kappa shape index (κ3) is 3.78. The Morgan fingerprint density at radius 2 is 1.95 bits per heavy atom. The van der Waals surface area contributed by atoms with Crippen molar-refractivity contribution in [3.05, 3.63) is 63.6 Å². The Hall–Kier alpha value is -1.95. The summed E-state index contributed by atoms with van der Waals surface area (Å²) in [5.74, 6) is -1.58. The van der Waals surface area contributed by atoms with Crippen molar-refractivity contribution in [2.24, 2.45) is 0 Å². The van der Waals surface area contributed by atoms with Gasteiger partial charge in [-0.25, -0.2) is 13.6 Å². The average molecular weight is 357 g/mol. The van der Waals surface area contributed by atoms with Gasteiger partial charge in [0.05, 0.1) is 12.7 Å². The zero-order valence-corrected chi connectivity index (χ0v) is 12.6. The van der Waals surface area contributed by atoms with E-state index in [-0.39, 0.29) is 23.7 Å². The number of hydrogen-bond donors (Lipinski definition) is 0. The Morgan fingerprint density at radius 1 is 1.19 bits per heavy atom. The third-order valence-corrected chi connectivity index (χ3v) is 3.52. The highest BCUT2D eigenvalue weighted by atomic mass is 79.9. The quantitative estimate of drug-likeness (QED) is 0.774. The van der Waals surface area contributed by atoms with Gasteiger partial charge in [0.15, 0.2) is 0 Å². The first-order valence-corrected chi connectivity index (χ1v) is 6.75. The molecule has 0 heterocycles. The van der Waals surface area contributed by atoms with E-state index in [2.05, 4.69) is 20.7 Å². The second kappa shape index (κ2) is 6.67. The molecule has 0 aromatic heterocycles. The summed E-state index contributed by atoms with van der Waals surface area (Å²) in [7, 11) is 1.17. The molecule has 0 aliphatic rings. The van der Waals surface area contributed by atoms with Crippen LogP contribution in [0.3, 0.4) is 0 Å². The first-order chi connectivity index (χ1) is 10.0. The summed E-state index contributed by atoms with van der Waals surface area (Å²) in [6.07, 6.45) is 0. The molecule has 0 spiro atoms. The van der Waals surface area contributed by atoms with Crippen molar-refractivity contribution >= 4 is 21.9 Å². The number of carbonyl (C=O) groups excluding carboxylic acids is 1. The highest BCUT2D eigenvalue weighted by Crippen LogP contribution is 2.22. The Labute approximate surface area is 128 Å². The van der Waals surface area contributed by atoms with Crippen LogP contribution in [-0.4, -0.2) is 13.1 Å². The molecule has 0 aliphatic carbocycles. The number of ether oxygens (including phenoxy) is 2. The Kier molecular flexibility index (Phi) is 4.90. The summed E-state index contributed by atoms with van der Waals surface area (Å²) in [6, 6.07) is 7.96. The topological polar surface area (TPSA) is 35.5 Å². The fourth-order valence-electron chi connectivity index (χ4n) is 1.68. The first-order valence-electron chi connectivity index (χ1n) is 5.96. The summed E-state index contributed by atoms with van der Waals surface area (Å²) in [5.41, 5.74) is 0.382. The number of rotatable bonds is 4. The van der Waals surface area contributed by atoms with Gasteiger partial charge in [0, 0.05) is 10.0 Å². The molecular formula is C15H11BrF2O3. The molecule has 0 N–H and O–H groups in total. The molecule has 2 aromatic rings. The summed E-state index contributed by atoms with van der Waals surface area (Å²) >= 11 is 3.28. The molecule has 0 aliphatic heterocycles. The van der Waals surface area contributed by atoms with E-state index in [0.717, 1.165) is 6.07 Å². The summed E-state index contributed by atoms with van der Waals surface area (Å²) in [6.45, 7) is 0.0740. The third-order valence-electron chi connectivity index (χ3n) is 2.75. The van der Waals surface area contributed by atoms with Crippen LogP contribution in [0.25, 0.3) is 0 Å². The van der Waals surface area contributed by atoms with Crippen LogP contribution in [0.15, 0.2) is 40.9 Å². The van der Waals surface area contributed by atoms with E-state index in [1.807, 2.05) is 0 Å². The molecule has 0 saturated heterocycles. The van der Waals surface area contributed by atoms with E-state index < -0.39 is 11.8 Å². The molecule has 110 valence electrons. The van der Waals surface area contributed by atoms with Gasteiger partial charge in [-0.3, -0.25) is 0 Å². The minimum atomic E-state index is -0.787. The van der Waals surface area contributed by atoms with Crippen molar-refractivity contribution in [2.75, 3.05) is 7.11 Å². The molecule has 0 amide bonds. The van der Waals surface area contributed by atoms with Gasteiger partial charge < -0.3 is 9.47 Å². The number of esters is 1. The molecular weight excluding hydrogens is 346 g/mol. The van der Waals surface area contributed by atoms with Gasteiger partial charge in [-0.15, -0.1) is 0 Å². The SMILES string of the molecule is COC(=O)c1cc(OCc2cc(F)ccc2Br)ccc1F. The number of hydrogen-bond acceptors (Lipinski definition) is 3. The van der Waals surface area contributed by atoms with Crippen LogP contribution in [-0.2, 0) is 11.3 Å². The Bertz CT molecular complexity index is 674. The lowest BCUT2D eigenvalue weighted by Gasteiger charge is -2.09. The molecule has 0 atom stereocenters. The van der Waals surface area contributed by atoms with Crippen LogP contribution in [0.1, 0.15) is 15.9 Å². The van der Waals surface area contributed by atoms with Crippen molar-refractivity contribution in [1.29, 1.82) is 0 Å². The van der Waals surface area contributed by atoms with Crippen molar-refractivity contribution in [3.8, 4) is 5.75 Å². The van der Waals surface area contributed by atoms with Gasteiger partial charge in [-0.2, -0.15) is 0 Å². The summed E-state index contributed by atoms with van der Waals surface area (Å²) in [5, 5.41) is 0. The highest BCUT2D eigenvalue weighted by Gasteiger charge is 2.13. The van der Waals surface area contributed by atoms with Crippen LogP contribution in [0.4, 0.5) is 8.78 Å². The Morgan fingerprint density at radius 3 is 2.67 bits per heavy atom. The van der Waals surface area contributed by atoms with Crippen LogP contribution in [0.5, 0.6) is 5.75 Å². The lowest BCUT2D eigenvalue weighted by Crippen LogP contribution is -2.05. The minimum Gasteiger partial charge on any atom is -0.489 e. The van der Waals surface area contributed by atoms with Gasteiger partial charge in [0.1, 0.15) is 24.0 Å². The van der Waals surface area contributed by atoms with E-state index in [0.29, 0.717) is 10.0 Å². The first kappa shape index (κ1) is 15.4. The van der Waals surface area contributed by atoms with E-state index in [1.54, 1.807) is 6.07 Å². The summed E-state index contributed by atoms with van der Waals surface area (Å²) in [4.78, 5) is 11.4. The maximum atomic E-state index is 13.5. The number of benzene rings is 2. The lowest BCUT2D eigenvalue weighted by atomic mass is 10.2. The Balaban J connectivity index is 2.17. The minimum absolute atomic E-state index is 0.0740. The molecule has 3 nitrogen and oxygen atoms in total.